The third-order valence-corrected chi connectivity index (χ3v) is 3.59. The van der Waals surface area contributed by atoms with Crippen molar-refractivity contribution in [2.24, 2.45) is 0 Å². The van der Waals surface area contributed by atoms with Crippen molar-refractivity contribution in [1.29, 1.82) is 0 Å². The zero-order chi connectivity index (χ0) is 13.1. The highest BCUT2D eigenvalue weighted by Crippen LogP contribution is 2.29. The normalized spacial score (nSPS) is 12.2. The molecule has 0 aliphatic heterocycles. The molecular formula is C14H14BrClN2. The van der Waals surface area contributed by atoms with Gasteiger partial charge >= 0.3 is 0 Å². The monoisotopic (exact) mass is 324 g/mol. The molecule has 1 unspecified atom stereocenters. The quantitative estimate of drug-likeness (QED) is 0.791. The van der Waals surface area contributed by atoms with Gasteiger partial charge in [0.1, 0.15) is 0 Å². The van der Waals surface area contributed by atoms with Crippen LogP contribution in [0, 0.1) is 0 Å². The van der Waals surface area contributed by atoms with Crippen LogP contribution in [0.25, 0.3) is 0 Å². The highest BCUT2D eigenvalue weighted by Gasteiger charge is 2.10. The maximum atomic E-state index is 6.17. The number of benzene rings is 2. The summed E-state index contributed by atoms with van der Waals surface area (Å²) in [4.78, 5) is 0. The highest BCUT2D eigenvalue weighted by molar-refractivity contribution is 9.10. The standard InChI is InChI=1S/C14H14BrClN2/c1-9(11-4-2-3-5-12(11)16)18-14-7-6-10(15)8-13(14)17/h2-9,18H,17H2,1H3. The Morgan fingerprint density at radius 1 is 1.22 bits per heavy atom. The molecule has 2 nitrogen and oxygen atoms in total. The summed E-state index contributed by atoms with van der Waals surface area (Å²) < 4.78 is 0.968. The van der Waals surface area contributed by atoms with E-state index in [1.807, 2.05) is 42.5 Å². The number of nitrogens with two attached hydrogens (primary N) is 1. The second kappa shape index (κ2) is 5.63. The lowest BCUT2D eigenvalue weighted by molar-refractivity contribution is 0.886. The first kappa shape index (κ1) is 13.2. The maximum absolute atomic E-state index is 6.17. The fourth-order valence-corrected chi connectivity index (χ4v) is 2.48. The summed E-state index contributed by atoms with van der Waals surface area (Å²) in [6, 6.07) is 13.7. The molecule has 0 radical (unpaired) electrons. The van der Waals surface area contributed by atoms with E-state index in [4.69, 9.17) is 17.3 Å². The van der Waals surface area contributed by atoms with E-state index < -0.39 is 0 Å². The first-order chi connectivity index (χ1) is 8.58. The van der Waals surface area contributed by atoms with E-state index in [2.05, 4.69) is 28.2 Å². The van der Waals surface area contributed by atoms with E-state index in [0.717, 1.165) is 20.7 Å². The largest absolute Gasteiger partial charge is 0.397 e. The first-order valence-electron chi connectivity index (χ1n) is 5.64. The Kier molecular flexibility index (Phi) is 4.15. The number of hydrogen-bond acceptors (Lipinski definition) is 2. The van der Waals surface area contributed by atoms with Gasteiger partial charge in [0.2, 0.25) is 0 Å². The number of rotatable bonds is 3. The molecule has 0 aromatic heterocycles. The highest BCUT2D eigenvalue weighted by atomic mass is 79.9. The Balaban J connectivity index is 2.21. The van der Waals surface area contributed by atoms with Gasteiger partial charge in [0, 0.05) is 9.50 Å². The van der Waals surface area contributed by atoms with Crippen molar-refractivity contribution in [3.8, 4) is 0 Å². The lowest BCUT2D eigenvalue weighted by atomic mass is 10.1. The number of nitrogen functional groups attached to an aromatic ring is 1. The summed E-state index contributed by atoms with van der Waals surface area (Å²) in [5, 5.41) is 4.12. The van der Waals surface area contributed by atoms with Crippen LogP contribution in [0.5, 0.6) is 0 Å². The minimum absolute atomic E-state index is 0.0992. The van der Waals surface area contributed by atoms with Crippen LogP contribution in [0.3, 0.4) is 0 Å². The first-order valence-corrected chi connectivity index (χ1v) is 6.81. The van der Waals surface area contributed by atoms with Crippen LogP contribution in [0.1, 0.15) is 18.5 Å². The Labute approximate surface area is 120 Å². The molecule has 0 heterocycles. The SMILES string of the molecule is CC(Nc1ccc(Br)cc1N)c1ccccc1Cl. The molecule has 2 aromatic rings. The predicted molar refractivity (Wildman–Crippen MR) is 82.0 cm³/mol. The van der Waals surface area contributed by atoms with E-state index in [-0.39, 0.29) is 6.04 Å². The van der Waals surface area contributed by atoms with E-state index in [0.29, 0.717) is 5.69 Å². The van der Waals surface area contributed by atoms with Crippen LogP contribution in [0.2, 0.25) is 5.02 Å². The van der Waals surface area contributed by atoms with Gasteiger partial charge in [-0.1, -0.05) is 45.7 Å². The fraction of sp³-hybridized carbons (Fsp3) is 0.143. The van der Waals surface area contributed by atoms with Crippen molar-refractivity contribution in [3.63, 3.8) is 0 Å². The molecular weight excluding hydrogens is 312 g/mol. The number of hydrogen-bond donors (Lipinski definition) is 2. The minimum Gasteiger partial charge on any atom is -0.397 e. The van der Waals surface area contributed by atoms with Gasteiger partial charge in [-0.2, -0.15) is 0 Å². The molecule has 2 aromatic carbocycles. The topological polar surface area (TPSA) is 38.0 Å². The van der Waals surface area contributed by atoms with Crippen molar-refractivity contribution in [2.45, 2.75) is 13.0 Å². The average Bonchev–Trinajstić information content (AvgIpc) is 2.33. The molecule has 0 fully saturated rings. The molecule has 1 atom stereocenters. The van der Waals surface area contributed by atoms with Gasteiger partial charge in [0.05, 0.1) is 17.4 Å². The van der Waals surface area contributed by atoms with Crippen molar-refractivity contribution < 1.29 is 0 Å². The van der Waals surface area contributed by atoms with Gasteiger partial charge in [-0.3, -0.25) is 0 Å². The lowest BCUT2D eigenvalue weighted by Gasteiger charge is -2.18. The van der Waals surface area contributed by atoms with E-state index in [9.17, 15) is 0 Å². The van der Waals surface area contributed by atoms with Gasteiger partial charge in [-0.15, -0.1) is 0 Å². The van der Waals surface area contributed by atoms with Gasteiger partial charge in [-0.05, 0) is 36.8 Å². The van der Waals surface area contributed by atoms with Crippen LogP contribution in [0.4, 0.5) is 11.4 Å². The molecule has 18 heavy (non-hydrogen) atoms. The summed E-state index contributed by atoms with van der Waals surface area (Å²) in [5.41, 5.74) is 8.64. The molecule has 3 N–H and O–H groups in total. The van der Waals surface area contributed by atoms with Gasteiger partial charge in [0.15, 0.2) is 0 Å². The van der Waals surface area contributed by atoms with E-state index in [1.54, 1.807) is 0 Å². The van der Waals surface area contributed by atoms with Gasteiger partial charge < -0.3 is 11.1 Å². The van der Waals surface area contributed by atoms with Crippen LogP contribution in [-0.4, -0.2) is 0 Å². The zero-order valence-corrected chi connectivity index (χ0v) is 12.3. The van der Waals surface area contributed by atoms with E-state index in [1.165, 1.54) is 0 Å². The van der Waals surface area contributed by atoms with Crippen LogP contribution < -0.4 is 11.1 Å². The summed E-state index contributed by atoms with van der Waals surface area (Å²) in [7, 11) is 0. The number of nitrogens with one attached hydrogen (secondary N) is 1. The van der Waals surface area contributed by atoms with Crippen LogP contribution >= 0.6 is 27.5 Å². The number of anilines is 2. The van der Waals surface area contributed by atoms with Crippen molar-refractivity contribution in [3.05, 3.63) is 57.5 Å². The van der Waals surface area contributed by atoms with Gasteiger partial charge in [-0.25, -0.2) is 0 Å². The van der Waals surface area contributed by atoms with Gasteiger partial charge in [0.25, 0.3) is 0 Å². The summed E-state index contributed by atoms with van der Waals surface area (Å²) >= 11 is 9.56. The second-order valence-corrected chi connectivity index (χ2v) is 5.44. The molecule has 94 valence electrons. The maximum Gasteiger partial charge on any atom is 0.0579 e. The lowest BCUT2D eigenvalue weighted by Crippen LogP contribution is -2.08. The predicted octanol–water partition coefficient (Wildman–Crippen LogP) is 4.86. The smallest absolute Gasteiger partial charge is 0.0579 e. The van der Waals surface area contributed by atoms with E-state index >= 15 is 0 Å². The summed E-state index contributed by atoms with van der Waals surface area (Å²) in [5.74, 6) is 0. The third kappa shape index (κ3) is 2.98. The summed E-state index contributed by atoms with van der Waals surface area (Å²) in [6.45, 7) is 2.06. The Hall–Kier alpha value is -1.19. The molecule has 0 bridgehead atoms. The molecule has 0 aliphatic rings. The molecule has 0 amide bonds. The molecule has 4 heteroatoms. The summed E-state index contributed by atoms with van der Waals surface area (Å²) in [6.07, 6.45) is 0. The Morgan fingerprint density at radius 3 is 2.61 bits per heavy atom. The fourth-order valence-electron chi connectivity index (χ4n) is 1.80. The molecule has 0 spiro atoms. The van der Waals surface area contributed by atoms with Crippen molar-refractivity contribution >= 4 is 38.9 Å². The Morgan fingerprint density at radius 2 is 1.94 bits per heavy atom. The van der Waals surface area contributed by atoms with Crippen molar-refractivity contribution in [1.82, 2.24) is 0 Å². The zero-order valence-electron chi connectivity index (χ0n) is 9.95. The van der Waals surface area contributed by atoms with Crippen LogP contribution in [-0.2, 0) is 0 Å². The van der Waals surface area contributed by atoms with Crippen LogP contribution in [0.15, 0.2) is 46.9 Å². The Bertz CT molecular complexity index is 557. The average molecular weight is 326 g/mol. The minimum atomic E-state index is 0.0992. The second-order valence-electron chi connectivity index (χ2n) is 4.12. The number of halogens is 2. The molecule has 2 rings (SSSR count). The molecule has 0 aliphatic carbocycles. The van der Waals surface area contributed by atoms with Crippen molar-refractivity contribution in [2.75, 3.05) is 11.1 Å². The molecule has 0 saturated carbocycles. The third-order valence-electron chi connectivity index (χ3n) is 2.76. The molecule has 0 saturated heterocycles.